The SMILES string of the molecule is CCC(C)(C)c1ccc(C)cc1C(O)(c1cc(C)ccc1C(C)(C)CC)C(CO)(CO)CO.OP(O)OP(O)O. The Balaban J connectivity index is 0.00000101. The molecule has 0 unspecified atom stereocenters. The Labute approximate surface area is 241 Å². The van der Waals surface area contributed by atoms with Gasteiger partial charge in [-0.1, -0.05) is 89.1 Å². The van der Waals surface area contributed by atoms with Crippen LogP contribution in [0.4, 0.5) is 0 Å². The molecule has 0 atom stereocenters. The second-order valence-electron chi connectivity index (χ2n) is 11.6. The molecule has 0 aliphatic heterocycles. The molecule has 0 heterocycles. The number of rotatable bonds is 12. The second kappa shape index (κ2) is 14.9. The summed E-state index contributed by atoms with van der Waals surface area (Å²) in [6.07, 6.45) is 1.68. The molecule has 0 bridgehead atoms. The van der Waals surface area contributed by atoms with Gasteiger partial charge in [-0.3, -0.25) is 0 Å². The van der Waals surface area contributed by atoms with Crippen molar-refractivity contribution in [1.82, 2.24) is 0 Å². The predicted octanol–water partition coefficient (Wildman–Crippen LogP) is 4.30. The third-order valence-corrected chi connectivity index (χ3v) is 9.35. The van der Waals surface area contributed by atoms with Gasteiger partial charge in [-0.2, -0.15) is 0 Å². The van der Waals surface area contributed by atoms with Crippen molar-refractivity contribution in [3.05, 3.63) is 69.8 Å². The Kier molecular flexibility index (Phi) is 13.8. The first-order valence-electron chi connectivity index (χ1n) is 13.2. The lowest BCUT2D eigenvalue weighted by Gasteiger charge is -2.49. The summed E-state index contributed by atoms with van der Waals surface area (Å²) in [5.74, 6) is 0. The minimum atomic E-state index is -2.61. The van der Waals surface area contributed by atoms with Gasteiger partial charge in [0.25, 0.3) is 0 Å². The average Bonchev–Trinajstić information content (AvgIpc) is 2.89. The number of hydrogen-bond acceptors (Lipinski definition) is 9. The summed E-state index contributed by atoms with van der Waals surface area (Å²) in [5, 5.41) is 44.7. The lowest BCUT2D eigenvalue weighted by Crippen LogP contribution is -2.55. The Morgan fingerprint density at radius 3 is 1.18 bits per heavy atom. The van der Waals surface area contributed by atoms with Crippen molar-refractivity contribution < 1.29 is 44.3 Å². The highest BCUT2D eigenvalue weighted by molar-refractivity contribution is 7.53. The molecule has 2 rings (SSSR count). The number of hydrogen-bond donors (Lipinski definition) is 8. The van der Waals surface area contributed by atoms with Gasteiger partial charge in [0.05, 0.1) is 25.2 Å². The first-order valence-corrected chi connectivity index (χ1v) is 15.6. The van der Waals surface area contributed by atoms with Crippen LogP contribution in [0.3, 0.4) is 0 Å². The van der Waals surface area contributed by atoms with Gasteiger partial charge in [0.1, 0.15) is 5.60 Å². The molecule has 9 nitrogen and oxygen atoms in total. The molecule has 0 fully saturated rings. The van der Waals surface area contributed by atoms with Crippen LogP contribution in [0.15, 0.2) is 36.4 Å². The van der Waals surface area contributed by atoms with Gasteiger partial charge in [0.2, 0.25) is 0 Å². The predicted molar refractivity (Wildman–Crippen MR) is 159 cm³/mol. The van der Waals surface area contributed by atoms with Crippen LogP contribution in [0.5, 0.6) is 0 Å². The topological polar surface area (TPSA) is 171 Å². The molecule has 0 aliphatic carbocycles. The number of aliphatic hydroxyl groups is 4. The molecule has 8 N–H and O–H groups in total. The van der Waals surface area contributed by atoms with Crippen LogP contribution in [0.1, 0.15) is 87.8 Å². The standard InChI is InChI=1S/C29H44O4.H4O5P2/c1-9-26(5,6)22-13-11-20(3)15-24(22)29(33,28(17-30,18-31)19-32)25-16-21(4)12-14-23(25)27(7,8)10-2;1-6(2)5-7(3)4/h11-16,30-33H,9-10,17-19H2,1-8H3;1-4H. The Morgan fingerprint density at radius 2 is 0.950 bits per heavy atom. The van der Waals surface area contributed by atoms with E-state index in [1.165, 1.54) is 0 Å². The molecular weight excluding hydrogens is 554 g/mol. The molecule has 0 spiro atoms. The fourth-order valence-corrected chi connectivity index (χ4v) is 5.27. The minimum absolute atomic E-state index is 0.270. The number of benzene rings is 2. The second-order valence-corrected chi connectivity index (χ2v) is 13.3. The molecule has 11 heteroatoms. The van der Waals surface area contributed by atoms with Crippen LogP contribution in [0, 0.1) is 19.3 Å². The highest BCUT2D eigenvalue weighted by atomic mass is 31.2. The van der Waals surface area contributed by atoms with Crippen molar-refractivity contribution in [2.45, 2.75) is 84.7 Å². The zero-order valence-corrected chi connectivity index (χ0v) is 26.7. The fraction of sp³-hybridized carbons (Fsp3) is 0.586. The molecule has 40 heavy (non-hydrogen) atoms. The summed E-state index contributed by atoms with van der Waals surface area (Å²) in [7, 11) is -5.22. The van der Waals surface area contributed by atoms with Crippen molar-refractivity contribution >= 4 is 17.2 Å². The number of aryl methyl sites for hydroxylation is 2. The van der Waals surface area contributed by atoms with Gasteiger partial charge in [-0.25, -0.2) is 4.31 Å². The summed E-state index contributed by atoms with van der Waals surface area (Å²) in [6.45, 7) is 15.0. The molecule has 0 saturated carbocycles. The first kappa shape index (κ1) is 37.0. The molecule has 0 aromatic heterocycles. The van der Waals surface area contributed by atoms with Crippen LogP contribution < -0.4 is 0 Å². The van der Waals surface area contributed by atoms with Gasteiger partial charge in [0.15, 0.2) is 0 Å². The number of aliphatic hydroxyl groups excluding tert-OH is 3. The summed E-state index contributed by atoms with van der Waals surface area (Å²) >= 11 is 0. The van der Waals surface area contributed by atoms with E-state index in [1.54, 1.807) is 0 Å². The lowest BCUT2D eigenvalue weighted by atomic mass is 9.60. The maximum Gasteiger partial charge on any atom is 0.334 e. The highest BCUT2D eigenvalue weighted by Crippen LogP contribution is 2.51. The van der Waals surface area contributed by atoms with E-state index >= 15 is 0 Å². The zero-order valence-electron chi connectivity index (χ0n) is 24.9. The Morgan fingerprint density at radius 1 is 0.625 bits per heavy atom. The van der Waals surface area contributed by atoms with Crippen molar-refractivity contribution in [2.75, 3.05) is 19.8 Å². The smallest absolute Gasteiger partial charge is 0.334 e. The Hall–Kier alpha value is -1.06. The van der Waals surface area contributed by atoms with Crippen LogP contribution in [0.25, 0.3) is 0 Å². The maximum atomic E-state index is 12.9. The van der Waals surface area contributed by atoms with Crippen LogP contribution in [0.2, 0.25) is 0 Å². The third kappa shape index (κ3) is 8.06. The summed E-state index contributed by atoms with van der Waals surface area (Å²) < 4.78 is 3.60. The summed E-state index contributed by atoms with van der Waals surface area (Å²) in [6, 6.07) is 12.0. The molecule has 0 aliphatic rings. The van der Waals surface area contributed by atoms with E-state index in [0.29, 0.717) is 11.1 Å². The van der Waals surface area contributed by atoms with Gasteiger partial charge in [-0.05, 0) is 59.8 Å². The molecule has 0 saturated heterocycles. The quantitative estimate of drug-likeness (QED) is 0.165. The van der Waals surface area contributed by atoms with E-state index in [0.717, 1.165) is 35.1 Å². The molecule has 0 amide bonds. The van der Waals surface area contributed by atoms with Gasteiger partial charge in [-0.15, -0.1) is 0 Å². The van der Waals surface area contributed by atoms with E-state index in [-0.39, 0.29) is 10.8 Å². The van der Waals surface area contributed by atoms with E-state index in [4.69, 9.17) is 19.6 Å². The first-order chi connectivity index (χ1) is 18.4. The van der Waals surface area contributed by atoms with Gasteiger partial charge < -0.3 is 40.0 Å². The normalized spacial score (nSPS) is 13.1. The molecule has 228 valence electrons. The monoisotopic (exact) mass is 602 g/mol. The van der Waals surface area contributed by atoms with E-state index < -0.39 is 48.0 Å². The summed E-state index contributed by atoms with van der Waals surface area (Å²) in [5.41, 5.74) is 1.12. The van der Waals surface area contributed by atoms with Crippen LogP contribution in [-0.2, 0) is 20.7 Å². The van der Waals surface area contributed by atoms with Crippen molar-refractivity contribution in [3.63, 3.8) is 0 Å². The van der Waals surface area contributed by atoms with E-state index in [1.807, 2.05) is 50.2 Å². The largest absolute Gasteiger partial charge is 0.395 e. The van der Waals surface area contributed by atoms with Crippen molar-refractivity contribution in [1.29, 1.82) is 0 Å². The lowest BCUT2D eigenvalue weighted by molar-refractivity contribution is -0.137. The Bertz CT molecular complexity index is 1000. The van der Waals surface area contributed by atoms with Crippen LogP contribution >= 0.6 is 17.2 Å². The summed E-state index contributed by atoms with van der Waals surface area (Å²) in [4.78, 5) is 31.3. The average molecular weight is 603 g/mol. The third-order valence-electron chi connectivity index (χ3n) is 8.18. The van der Waals surface area contributed by atoms with Crippen molar-refractivity contribution in [3.8, 4) is 0 Å². The zero-order chi connectivity index (χ0) is 31.1. The fourth-order valence-electron chi connectivity index (χ4n) is 4.75. The van der Waals surface area contributed by atoms with Gasteiger partial charge in [0, 0.05) is 0 Å². The maximum absolute atomic E-state index is 12.9. The van der Waals surface area contributed by atoms with Gasteiger partial charge >= 0.3 is 17.2 Å². The van der Waals surface area contributed by atoms with E-state index in [2.05, 4.69) is 45.9 Å². The molecule has 2 aromatic rings. The van der Waals surface area contributed by atoms with E-state index in [9.17, 15) is 20.4 Å². The molecule has 2 aromatic carbocycles. The van der Waals surface area contributed by atoms with Crippen LogP contribution in [-0.4, -0.2) is 59.8 Å². The minimum Gasteiger partial charge on any atom is -0.395 e. The molecular formula is C29H48O9P2. The van der Waals surface area contributed by atoms with Crippen molar-refractivity contribution in [2.24, 2.45) is 5.41 Å². The highest BCUT2D eigenvalue weighted by Gasteiger charge is 2.55. The molecule has 0 radical (unpaired) electrons.